The Kier molecular flexibility index (Phi) is 4.92. The molecule has 0 saturated carbocycles. The van der Waals surface area contributed by atoms with E-state index in [0.717, 1.165) is 5.56 Å². The van der Waals surface area contributed by atoms with Crippen LogP contribution in [0.1, 0.15) is 23.8 Å². The summed E-state index contributed by atoms with van der Waals surface area (Å²) in [6, 6.07) is 10.8. The summed E-state index contributed by atoms with van der Waals surface area (Å²) in [7, 11) is 0. The zero-order valence-electron chi connectivity index (χ0n) is 11.0. The largest absolute Gasteiger partial charge is 0.483 e. The van der Waals surface area contributed by atoms with Gasteiger partial charge in [0.2, 0.25) is 5.43 Å². The molecule has 0 fully saturated rings. The Labute approximate surface area is 116 Å². The number of pyridine rings is 1. The highest BCUT2D eigenvalue weighted by Gasteiger charge is 2.16. The highest BCUT2D eigenvalue weighted by Crippen LogP contribution is 2.22. The van der Waals surface area contributed by atoms with Gasteiger partial charge in [0.15, 0.2) is 5.75 Å². The lowest BCUT2D eigenvalue weighted by atomic mass is 10.1. The summed E-state index contributed by atoms with van der Waals surface area (Å²) in [6.45, 7) is 0.0724. The minimum absolute atomic E-state index is 0.0947. The third-order valence-corrected chi connectivity index (χ3v) is 2.90. The predicted molar refractivity (Wildman–Crippen MR) is 74.5 cm³/mol. The van der Waals surface area contributed by atoms with E-state index in [4.69, 9.17) is 9.84 Å². The number of aliphatic hydroxyl groups excluding tert-OH is 2. The number of aromatic amines is 1. The molecule has 2 rings (SSSR count). The lowest BCUT2D eigenvalue weighted by Crippen LogP contribution is -2.14. The molecule has 5 heteroatoms. The van der Waals surface area contributed by atoms with E-state index in [1.54, 1.807) is 0 Å². The van der Waals surface area contributed by atoms with Crippen LogP contribution in [0.3, 0.4) is 0 Å². The van der Waals surface area contributed by atoms with Crippen molar-refractivity contribution in [1.29, 1.82) is 0 Å². The quantitative estimate of drug-likeness (QED) is 0.743. The number of hydrogen-bond acceptors (Lipinski definition) is 4. The average Bonchev–Trinajstić information content (AvgIpc) is 2.47. The molecule has 0 radical (unpaired) electrons. The Morgan fingerprint density at radius 3 is 2.65 bits per heavy atom. The van der Waals surface area contributed by atoms with Crippen molar-refractivity contribution in [2.45, 2.75) is 19.1 Å². The summed E-state index contributed by atoms with van der Waals surface area (Å²) in [5, 5.41) is 18.8. The first kappa shape index (κ1) is 14.3. The number of aromatic nitrogens is 1. The fourth-order valence-electron chi connectivity index (χ4n) is 1.87. The molecule has 0 bridgehead atoms. The van der Waals surface area contributed by atoms with Crippen LogP contribution in [0.15, 0.2) is 47.4 Å². The van der Waals surface area contributed by atoms with Crippen molar-refractivity contribution >= 4 is 0 Å². The molecule has 1 heterocycles. The van der Waals surface area contributed by atoms with Gasteiger partial charge in [-0.15, -0.1) is 0 Å². The van der Waals surface area contributed by atoms with Crippen LogP contribution in [-0.2, 0) is 6.61 Å². The third-order valence-electron chi connectivity index (χ3n) is 2.90. The second kappa shape index (κ2) is 6.88. The van der Waals surface area contributed by atoms with Gasteiger partial charge in [-0.1, -0.05) is 30.3 Å². The van der Waals surface area contributed by atoms with Gasteiger partial charge in [-0.25, -0.2) is 0 Å². The zero-order chi connectivity index (χ0) is 14.4. The molecule has 0 amide bonds. The SMILES string of the molecule is O=c1cc[nH]c(C(O)CCO)c1OCc1ccccc1. The molecule has 1 unspecified atom stereocenters. The molecule has 106 valence electrons. The van der Waals surface area contributed by atoms with Crippen molar-refractivity contribution in [3.05, 3.63) is 64.1 Å². The van der Waals surface area contributed by atoms with E-state index in [9.17, 15) is 9.90 Å². The molecule has 20 heavy (non-hydrogen) atoms. The summed E-state index contributed by atoms with van der Waals surface area (Å²) < 4.78 is 5.54. The zero-order valence-corrected chi connectivity index (χ0v) is 11.0. The van der Waals surface area contributed by atoms with Crippen LogP contribution in [0.25, 0.3) is 0 Å². The van der Waals surface area contributed by atoms with E-state index in [-0.39, 0.29) is 30.8 Å². The van der Waals surface area contributed by atoms with Gasteiger partial charge in [-0.2, -0.15) is 0 Å². The fourth-order valence-corrected chi connectivity index (χ4v) is 1.87. The molecule has 0 aliphatic heterocycles. The lowest BCUT2D eigenvalue weighted by molar-refractivity contribution is 0.125. The molecule has 1 aromatic heterocycles. The van der Waals surface area contributed by atoms with Crippen molar-refractivity contribution in [3.63, 3.8) is 0 Å². The predicted octanol–water partition coefficient (Wildman–Crippen LogP) is 1.37. The van der Waals surface area contributed by atoms with Crippen LogP contribution in [0.2, 0.25) is 0 Å². The van der Waals surface area contributed by atoms with Crippen molar-refractivity contribution in [1.82, 2.24) is 4.98 Å². The molecule has 0 spiro atoms. The normalized spacial score (nSPS) is 12.1. The van der Waals surface area contributed by atoms with Crippen molar-refractivity contribution in [3.8, 4) is 5.75 Å². The second-order valence-electron chi connectivity index (χ2n) is 4.39. The van der Waals surface area contributed by atoms with Gasteiger partial charge in [0.05, 0.1) is 11.8 Å². The topological polar surface area (TPSA) is 82.6 Å². The van der Waals surface area contributed by atoms with Gasteiger partial charge in [-0.05, 0) is 5.56 Å². The van der Waals surface area contributed by atoms with Gasteiger partial charge < -0.3 is 19.9 Å². The maximum absolute atomic E-state index is 11.9. The van der Waals surface area contributed by atoms with Crippen LogP contribution in [0.4, 0.5) is 0 Å². The number of nitrogens with one attached hydrogen (secondary N) is 1. The lowest BCUT2D eigenvalue weighted by Gasteiger charge is -2.14. The molecule has 0 aliphatic carbocycles. The molecule has 0 aliphatic rings. The summed E-state index contributed by atoms with van der Waals surface area (Å²) in [5.74, 6) is 0.0947. The van der Waals surface area contributed by atoms with E-state index in [1.165, 1.54) is 12.3 Å². The maximum Gasteiger partial charge on any atom is 0.223 e. The minimum atomic E-state index is -0.959. The van der Waals surface area contributed by atoms with Crippen molar-refractivity contribution < 1.29 is 14.9 Å². The Morgan fingerprint density at radius 2 is 1.95 bits per heavy atom. The van der Waals surface area contributed by atoms with E-state index in [2.05, 4.69) is 4.98 Å². The monoisotopic (exact) mass is 275 g/mol. The van der Waals surface area contributed by atoms with Crippen molar-refractivity contribution in [2.24, 2.45) is 0 Å². The smallest absolute Gasteiger partial charge is 0.223 e. The van der Waals surface area contributed by atoms with Crippen LogP contribution in [0, 0.1) is 0 Å². The van der Waals surface area contributed by atoms with Gasteiger partial charge in [0.1, 0.15) is 6.61 Å². The second-order valence-corrected chi connectivity index (χ2v) is 4.39. The van der Waals surface area contributed by atoms with Gasteiger partial charge >= 0.3 is 0 Å². The standard InChI is InChI=1S/C15H17NO4/c17-9-7-12(18)14-15(13(19)6-8-16-14)20-10-11-4-2-1-3-5-11/h1-6,8,12,17-18H,7,9-10H2,(H,16,19). The Hall–Kier alpha value is -2.11. The molecule has 0 saturated heterocycles. The van der Waals surface area contributed by atoms with E-state index >= 15 is 0 Å². The van der Waals surface area contributed by atoms with Crippen LogP contribution < -0.4 is 10.2 Å². The number of H-pyrrole nitrogens is 1. The van der Waals surface area contributed by atoms with Crippen LogP contribution in [-0.4, -0.2) is 21.8 Å². The molecular formula is C15H17NO4. The molecule has 3 N–H and O–H groups in total. The highest BCUT2D eigenvalue weighted by molar-refractivity contribution is 5.29. The van der Waals surface area contributed by atoms with E-state index < -0.39 is 6.10 Å². The maximum atomic E-state index is 11.9. The van der Waals surface area contributed by atoms with E-state index in [0.29, 0.717) is 5.69 Å². The molecule has 5 nitrogen and oxygen atoms in total. The fraction of sp³-hybridized carbons (Fsp3) is 0.267. The number of hydrogen-bond donors (Lipinski definition) is 3. The van der Waals surface area contributed by atoms with E-state index in [1.807, 2.05) is 30.3 Å². The van der Waals surface area contributed by atoms with Gasteiger partial charge in [-0.3, -0.25) is 4.79 Å². The molecular weight excluding hydrogens is 258 g/mol. The summed E-state index contributed by atoms with van der Waals surface area (Å²) in [4.78, 5) is 14.7. The number of ether oxygens (including phenoxy) is 1. The molecule has 2 aromatic rings. The molecule has 1 aromatic carbocycles. The van der Waals surface area contributed by atoms with Gasteiger partial charge in [0, 0.05) is 25.3 Å². The first-order chi connectivity index (χ1) is 9.72. The minimum Gasteiger partial charge on any atom is -0.483 e. The first-order valence-electron chi connectivity index (χ1n) is 6.39. The highest BCUT2D eigenvalue weighted by atomic mass is 16.5. The Morgan fingerprint density at radius 1 is 1.20 bits per heavy atom. The summed E-state index contributed by atoms with van der Waals surface area (Å²) in [6.07, 6.45) is 0.634. The molecule has 1 atom stereocenters. The summed E-state index contributed by atoms with van der Waals surface area (Å²) >= 11 is 0. The first-order valence-corrected chi connectivity index (χ1v) is 6.39. The Balaban J connectivity index is 2.20. The number of aliphatic hydroxyl groups is 2. The average molecular weight is 275 g/mol. The van der Waals surface area contributed by atoms with Crippen molar-refractivity contribution in [2.75, 3.05) is 6.61 Å². The van der Waals surface area contributed by atoms with Gasteiger partial charge in [0.25, 0.3) is 0 Å². The Bertz CT molecular complexity index is 594. The summed E-state index contributed by atoms with van der Waals surface area (Å²) in [5.41, 5.74) is 0.924. The number of benzene rings is 1. The van der Waals surface area contributed by atoms with Crippen LogP contribution >= 0.6 is 0 Å². The number of rotatable bonds is 6. The third kappa shape index (κ3) is 3.46. The van der Waals surface area contributed by atoms with Crippen LogP contribution in [0.5, 0.6) is 5.75 Å².